The van der Waals surface area contributed by atoms with Crippen molar-refractivity contribution in [2.45, 2.75) is 244 Å². The van der Waals surface area contributed by atoms with Crippen LogP contribution in [0, 0.1) is 80.6 Å². The Bertz CT molecular complexity index is 1320. The molecular formula is C62H112. The minimum Gasteiger partial charge on any atom is -0.0683 e. The average Bonchev–Trinajstić information content (AvgIpc) is 3.17. The summed E-state index contributed by atoms with van der Waals surface area (Å²) in [6, 6.07) is 29.8. The highest BCUT2D eigenvalue weighted by atomic mass is 14.0. The fourth-order valence-electron chi connectivity index (χ4n) is 5.01. The van der Waals surface area contributed by atoms with Crippen molar-refractivity contribution >= 4 is 0 Å². The van der Waals surface area contributed by atoms with Crippen molar-refractivity contribution in [2.75, 3.05) is 0 Å². The molecule has 62 heavy (non-hydrogen) atoms. The van der Waals surface area contributed by atoms with E-state index in [-0.39, 0.29) is 0 Å². The molecule has 0 aromatic heterocycles. The van der Waals surface area contributed by atoms with E-state index in [4.69, 9.17) is 0 Å². The zero-order valence-electron chi connectivity index (χ0n) is 46.9. The molecule has 0 amide bonds. The van der Waals surface area contributed by atoms with Crippen LogP contribution in [-0.2, 0) is 0 Å². The molecule has 0 aliphatic rings. The maximum absolute atomic E-state index is 2.26. The molecule has 0 saturated heterocycles. The Morgan fingerprint density at radius 1 is 0.355 bits per heavy atom. The van der Waals surface area contributed by atoms with E-state index in [1.54, 1.807) is 0 Å². The number of unbranched alkanes of at least 4 members (excludes halogenated alkanes) is 8. The van der Waals surface area contributed by atoms with E-state index in [9.17, 15) is 0 Å². The Balaban J connectivity index is -0.000000144. The topological polar surface area (TPSA) is 0 Å². The lowest BCUT2D eigenvalue weighted by molar-refractivity contribution is 0.469. The van der Waals surface area contributed by atoms with E-state index < -0.39 is 0 Å². The lowest BCUT2D eigenvalue weighted by Gasteiger charge is -2.05. The third kappa shape index (κ3) is 68.6. The van der Waals surface area contributed by atoms with Crippen molar-refractivity contribution in [3.05, 3.63) is 141 Å². The normalized spacial score (nSPS) is 9.26. The van der Waals surface area contributed by atoms with Gasteiger partial charge in [0, 0.05) is 0 Å². The van der Waals surface area contributed by atoms with E-state index in [1.165, 1.54) is 126 Å². The fraction of sp³-hybridized carbons (Fsp3) is 0.613. The Kier molecular flexibility index (Phi) is 57.5. The summed E-state index contributed by atoms with van der Waals surface area (Å²) in [5.41, 5.74) is 14.1. The van der Waals surface area contributed by atoms with Gasteiger partial charge in [-0.2, -0.15) is 0 Å². The number of hydrogen-bond donors (Lipinski definition) is 0. The predicted molar refractivity (Wildman–Crippen MR) is 295 cm³/mol. The van der Waals surface area contributed by atoms with Gasteiger partial charge in [0.2, 0.25) is 0 Å². The van der Waals surface area contributed by atoms with Crippen LogP contribution in [0.15, 0.2) is 84.9 Å². The molecule has 0 heteroatoms. The van der Waals surface area contributed by atoms with Crippen LogP contribution >= 0.6 is 0 Å². The smallest absolute Gasteiger partial charge is 0.0392 e. The van der Waals surface area contributed by atoms with Crippen molar-refractivity contribution in [1.29, 1.82) is 0 Å². The second kappa shape index (κ2) is 50.5. The SMILES string of the molecule is CC.CC(C)(C)C.CC(C)C.CCC.CCCCC.CCCCCCCCC.Cc1cc(C)c(C)c(C)c1.Cc1cc(C)cc(C)c1.Cc1ccc(C)cc1.Cc1ccccc1. The zero-order valence-corrected chi connectivity index (χ0v) is 46.9. The van der Waals surface area contributed by atoms with Crippen LogP contribution in [0.5, 0.6) is 0 Å². The highest BCUT2D eigenvalue weighted by Crippen LogP contribution is 2.14. The average molecular weight is 858 g/mol. The van der Waals surface area contributed by atoms with Gasteiger partial charge in [0.15, 0.2) is 0 Å². The first-order valence-corrected chi connectivity index (χ1v) is 25.1. The standard InChI is InChI=1S/C10H14.C9H12.C9H20.C8H10.C7H8.2C5H12.C4H10.C3H8.C2H6/c1-7-5-8(2)10(4)9(3)6-7;1-7-4-8(2)6-9(3)5-7;1-3-5-7-9-8-6-4-2;1-7-3-5-8(2)6-4-7;1-7-5-3-2-4-6-7;1-5(2,3)4;1-3-5-4-2;1-4(2)3;1-3-2;1-2/h5-6H,1-4H3;4-6H,1-3H3;3-9H2,1-2H3;3-6H,1-2H3;2-6H,1H3;1-4H3;3-5H2,1-2H3;4H,1-3H3;3H2,1-2H3;1-2H3. The summed E-state index contributed by atoms with van der Waals surface area (Å²) in [5, 5.41) is 0. The molecule has 0 aliphatic carbocycles. The molecule has 4 aromatic rings. The number of rotatable bonds is 8. The molecule has 0 unspecified atom stereocenters. The van der Waals surface area contributed by atoms with Crippen molar-refractivity contribution in [3.63, 3.8) is 0 Å². The quantitative estimate of drug-likeness (QED) is 0.155. The van der Waals surface area contributed by atoms with Crippen molar-refractivity contribution in [3.8, 4) is 0 Å². The first kappa shape index (κ1) is 70.5. The van der Waals surface area contributed by atoms with E-state index in [0.29, 0.717) is 5.41 Å². The van der Waals surface area contributed by atoms with Crippen molar-refractivity contribution < 1.29 is 0 Å². The maximum Gasteiger partial charge on any atom is -0.0392 e. The fourth-order valence-corrected chi connectivity index (χ4v) is 5.01. The van der Waals surface area contributed by atoms with E-state index in [2.05, 4.69) is 226 Å². The molecule has 0 nitrogen and oxygen atoms in total. The summed E-state index contributed by atoms with van der Waals surface area (Å²) >= 11 is 0. The predicted octanol–water partition coefficient (Wildman–Crippen LogP) is 21.9. The second-order valence-electron chi connectivity index (χ2n) is 19.1. The maximum atomic E-state index is 2.26. The number of hydrogen-bond acceptors (Lipinski definition) is 0. The van der Waals surface area contributed by atoms with Crippen LogP contribution in [0.4, 0.5) is 0 Å². The molecule has 360 valence electrons. The van der Waals surface area contributed by atoms with Gasteiger partial charge in [-0.25, -0.2) is 0 Å². The summed E-state index contributed by atoms with van der Waals surface area (Å²) in [6.45, 7) is 53.7. The Morgan fingerprint density at radius 3 is 0.790 bits per heavy atom. The van der Waals surface area contributed by atoms with Crippen molar-refractivity contribution in [2.24, 2.45) is 11.3 Å². The number of benzene rings is 4. The third-order valence-electron chi connectivity index (χ3n) is 8.01. The van der Waals surface area contributed by atoms with Crippen LogP contribution < -0.4 is 0 Å². The van der Waals surface area contributed by atoms with Crippen molar-refractivity contribution in [1.82, 2.24) is 0 Å². The van der Waals surface area contributed by atoms with Gasteiger partial charge in [-0.1, -0.05) is 298 Å². The monoisotopic (exact) mass is 857 g/mol. The minimum absolute atomic E-state index is 0.500. The van der Waals surface area contributed by atoms with Crippen LogP contribution in [0.25, 0.3) is 0 Å². The van der Waals surface area contributed by atoms with Gasteiger partial charge >= 0.3 is 0 Å². The second-order valence-corrected chi connectivity index (χ2v) is 19.1. The molecule has 0 aliphatic heterocycles. The highest BCUT2D eigenvalue weighted by Gasteiger charge is 1.96. The van der Waals surface area contributed by atoms with Gasteiger partial charge in [-0.15, -0.1) is 0 Å². The molecular weight excluding hydrogens is 745 g/mol. The molecule has 4 aromatic carbocycles. The summed E-state index contributed by atoms with van der Waals surface area (Å²) in [5.74, 6) is 0.833. The Hall–Kier alpha value is -3.12. The van der Waals surface area contributed by atoms with Gasteiger partial charge in [0.1, 0.15) is 0 Å². The molecule has 0 saturated carbocycles. The van der Waals surface area contributed by atoms with Gasteiger partial charge in [0.05, 0.1) is 0 Å². The first-order valence-electron chi connectivity index (χ1n) is 25.1. The zero-order chi connectivity index (χ0) is 49.5. The van der Waals surface area contributed by atoms with Gasteiger partial charge in [-0.05, 0) is 97.3 Å². The van der Waals surface area contributed by atoms with Crippen LogP contribution in [0.2, 0.25) is 0 Å². The highest BCUT2D eigenvalue weighted by molar-refractivity contribution is 5.36. The molecule has 4 rings (SSSR count). The summed E-state index contributed by atoms with van der Waals surface area (Å²) in [4.78, 5) is 0. The van der Waals surface area contributed by atoms with Crippen LogP contribution in [-0.4, -0.2) is 0 Å². The van der Waals surface area contributed by atoms with Gasteiger partial charge in [0.25, 0.3) is 0 Å². The Labute approximate surface area is 394 Å². The molecule has 0 fully saturated rings. The lowest BCUT2D eigenvalue weighted by atomic mass is 10.0. The molecule has 0 bridgehead atoms. The van der Waals surface area contributed by atoms with E-state index >= 15 is 0 Å². The molecule has 0 atom stereocenters. The van der Waals surface area contributed by atoms with E-state index in [1.807, 2.05) is 32.0 Å². The Morgan fingerprint density at radius 2 is 0.581 bits per heavy atom. The van der Waals surface area contributed by atoms with Crippen LogP contribution in [0.1, 0.15) is 230 Å². The summed E-state index contributed by atoms with van der Waals surface area (Å²) in [7, 11) is 0. The van der Waals surface area contributed by atoms with Gasteiger partial charge < -0.3 is 0 Å². The summed E-state index contributed by atoms with van der Waals surface area (Å²) < 4.78 is 0. The molecule has 0 radical (unpaired) electrons. The van der Waals surface area contributed by atoms with Crippen LogP contribution in [0.3, 0.4) is 0 Å². The first-order chi connectivity index (χ1) is 28.9. The number of aryl methyl sites for hydroxylation is 9. The largest absolute Gasteiger partial charge is 0.0683 e. The van der Waals surface area contributed by atoms with E-state index in [0.717, 1.165) is 5.92 Å². The third-order valence-corrected chi connectivity index (χ3v) is 8.01. The molecule has 0 heterocycles. The van der Waals surface area contributed by atoms with Gasteiger partial charge in [-0.3, -0.25) is 0 Å². The lowest BCUT2D eigenvalue weighted by Crippen LogP contribution is -1.93. The molecule has 0 spiro atoms. The minimum atomic E-state index is 0.500. The summed E-state index contributed by atoms with van der Waals surface area (Å²) in [6.07, 6.45) is 15.3. The molecule has 0 N–H and O–H groups in total.